The molecule has 4 rings (SSSR count). The number of allylic oxidation sites excluding steroid dienone is 4. The number of hydrogen-bond donors (Lipinski definition) is 1. The van der Waals surface area contributed by atoms with Crippen molar-refractivity contribution in [2.45, 2.75) is 51.6 Å². The van der Waals surface area contributed by atoms with Gasteiger partial charge < -0.3 is 4.84 Å². The molecule has 3 unspecified atom stereocenters. The normalized spacial score (nSPS) is 43.9. The Hall–Kier alpha value is -1.26. The van der Waals surface area contributed by atoms with Crippen LogP contribution in [0.25, 0.3) is 0 Å². The van der Waals surface area contributed by atoms with Crippen LogP contribution in [0.2, 0.25) is 0 Å². The lowest BCUT2D eigenvalue weighted by Crippen LogP contribution is -2.46. The minimum Gasteiger partial charge on any atom is -0.301 e. The van der Waals surface area contributed by atoms with Gasteiger partial charge in [-0.05, 0) is 85.0 Å². The van der Waals surface area contributed by atoms with E-state index in [1.807, 2.05) is 0 Å². The molecule has 4 nitrogen and oxygen atoms in total. The first kappa shape index (κ1) is 14.3. The Bertz CT molecular complexity index is 605. The number of hydrogen-bond acceptors (Lipinski definition) is 4. The molecule has 4 aliphatic carbocycles. The molecular weight excluding hydrogens is 278 g/mol. The highest BCUT2D eigenvalue weighted by molar-refractivity contribution is 6.46. The average molecular weight is 301 g/mol. The van der Waals surface area contributed by atoms with Crippen LogP contribution in [0.3, 0.4) is 0 Å². The van der Waals surface area contributed by atoms with Crippen LogP contribution in [0.1, 0.15) is 45.4 Å². The average Bonchev–Trinajstić information content (AvgIpc) is 2.85. The van der Waals surface area contributed by atoms with Crippen LogP contribution in [0.15, 0.2) is 23.3 Å². The molecule has 2 N–H and O–H groups in total. The summed E-state index contributed by atoms with van der Waals surface area (Å²) in [7, 11) is 0. The highest BCUT2D eigenvalue weighted by Gasteiger charge is 2.56. The van der Waals surface area contributed by atoms with Crippen molar-refractivity contribution in [2.75, 3.05) is 0 Å². The minimum atomic E-state index is -0.352. The summed E-state index contributed by atoms with van der Waals surface area (Å²) in [4.78, 5) is 28.7. The number of ketones is 2. The standard InChI is InChI=1S/C18H23NO3/c1-18-7-6-11-12(14(18)4-5-17(18)22-19)3-2-10-8-15(20)16(21)9-13(10)11/h8-9,11-12,14,17H,2-7,19H2,1H3/t11?,12?,14?,17-,18-/m0/s1. The molecule has 0 aromatic carbocycles. The fraction of sp³-hybridized carbons (Fsp3) is 0.667. The van der Waals surface area contributed by atoms with E-state index in [1.54, 1.807) is 12.2 Å². The first-order chi connectivity index (χ1) is 10.5. The summed E-state index contributed by atoms with van der Waals surface area (Å²) in [5.74, 6) is 6.49. The van der Waals surface area contributed by atoms with Gasteiger partial charge in [0.05, 0.1) is 6.10 Å². The summed E-state index contributed by atoms with van der Waals surface area (Å²) in [6.45, 7) is 2.33. The van der Waals surface area contributed by atoms with Crippen molar-refractivity contribution in [3.05, 3.63) is 23.3 Å². The Morgan fingerprint density at radius 1 is 1.14 bits per heavy atom. The molecule has 5 atom stereocenters. The van der Waals surface area contributed by atoms with E-state index < -0.39 is 0 Å². The second-order valence-electron chi connectivity index (χ2n) is 7.66. The summed E-state index contributed by atoms with van der Waals surface area (Å²) in [5.41, 5.74) is 2.44. The van der Waals surface area contributed by atoms with E-state index in [4.69, 9.17) is 10.7 Å². The zero-order valence-electron chi connectivity index (χ0n) is 13.0. The zero-order valence-corrected chi connectivity index (χ0v) is 13.0. The van der Waals surface area contributed by atoms with Crippen LogP contribution in [-0.4, -0.2) is 17.7 Å². The van der Waals surface area contributed by atoms with Gasteiger partial charge in [-0.25, -0.2) is 5.90 Å². The third-order valence-corrected chi connectivity index (χ3v) is 6.87. The predicted octanol–water partition coefficient (Wildman–Crippen LogP) is 2.49. The Morgan fingerprint density at radius 2 is 1.91 bits per heavy atom. The molecule has 4 heteroatoms. The molecule has 0 radical (unpaired) electrons. The smallest absolute Gasteiger partial charge is 0.226 e. The van der Waals surface area contributed by atoms with E-state index in [-0.39, 0.29) is 23.1 Å². The third-order valence-electron chi connectivity index (χ3n) is 6.87. The van der Waals surface area contributed by atoms with Gasteiger partial charge in [-0.1, -0.05) is 6.92 Å². The lowest BCUT2D eigenvalue weighted by atomic mass is 9.54. The van der Waals surface area contributed by atoms with Gasteiger partial charge in [0.2, 0.25) is 11.6 Å². The summed E-state index contributed by atoms with van der Waals surface area (Å²) >= 11 is 0. The van der Waals surface area contributed by atoms with Gasteiger partial charge in [0.25, 0.3) is 0 Å². The Labute approximate surface area is 130 Å². The fourth-order valence-corrected chi connectivity index (χ4v) is 5.75. The van der Waals surface area contributed by atoms with E-state index in [9.17, 15) is 9.59 Å². The van der Waals surface area contributed by atoms with Crippen LogP contribution in [0.5, 0.6) is 0 Å². The highest BCUT2D eigenvalue weighted by atomic mass is 16.6. The van der Waals surface area contributed by atoms with E-state index in [0.29, 0.717) is 17.8 Å². The van der Waals surface area contributed by atoms with Gasteiger partial charge in [-0.15, -0.1) is 0 Å². The van der Waals surface area contributed by atoms with Crippen molar-refractivity contribution in [3.63, 3.8) is 0 Å². The van der Waals surface area contributed by atoms with Crippen LogP contribution < -0.4 is 5.90 Å². The summed E-state index contributed by atoms with van der Waals surface area (Å²) in [6.07, 6.45) is 9.79. The Morgan fingerprint density at radius 3 is 2.68 bits per heavy atom. The lowest BCUT2D eigenvalue weighted by Gasteiger charge is -2.51. The maximum Gasteiger partial charge on any atom is 0.226 e. The Kier molecular flexibility index (Phi) is 3.17. The van der Waals surface area contributed by atoms with Crippen LogP contribution >= 0.6 is 0 Å². The molecule has 0 aliphatic heterocycles. The molecule has 0 heterocycles. The molecule has 0 saturated heterocycles. The van der Waals surface area contributed by atoms with Gasteiger partial charge in [0.15, 0.2) is 0 Å². The molecule has 3 saturated carbocycles. The quantitative estimate of drug-likeness (QED) is 0.459. The first-order valence-corrected chi connectivity index (χ1v) is 8.41. The molecular formula is C18H23NO3. The maximum atomic E-state index is 11.8. The largest absolute Gasteiger partial charge is 0.301 e. The number of nitrogens with two attached hydrogens (primary N) is 1. The third kappa shape index (κ3) is 1.83. The van der Waals surface area contributed by atoms with E-state index in [2.05, 4.69) is 6.92 Å². The molecule has 0 spiro atoms. The second-order valence-corrected chi connectivity index (χ2v) is 7.66. The molecule has 22 heavy (non-hydrogen) atoms. The van der Waals surface area contributed by atoms with Crippen LogP contribution in [0.4, 0.5) is 0 Å². The van der Waals surface area contributed by atoms with Crippen molar-refractivity contribution in [3.8, 4) is 0 Å². The van der Waals surface area contributed by atoms with Crippen molar-refractivity contribution >= 4 is 11.6 Å². The Balaban J connectivity index is 1.67. The topological polar surface area (TPSA) is 69.4 Å². The predicted molar refractivity (Wildman–Crippen MR) is 81.5 cm³/mol. The molecule has 0 aromatic rings. The SMILES string of the molecule is C[C@]12CCC3C4=CC(=O)C(=O)C=C4CCC3C1CC[C@@H]2ON. The van der Waals surface area contributed by atoms with Crippen LogP contribution in [0, 0.1) is 23.2 Å². The number of rotatable bonds is 1. The number of carbonyl (C=O) groups is 2. The fourth-order valence-electron chi connectivity index (χ4n) is 5.75. The van der Waals surface area contributed by atoms with Crippen molar-refractivity contribution < 1.29 is 14.4 Å². The van der Waals surface area contributed by atoms with Gasteiger partial charge in [0, 0.05) is 0 Å². The number of carbonyl (C=O) groups excluding carboxylic acids is 2. The summed E-state index contributed by atoms with van der Waals surface area (Å²) in [5, 5.41) is 0. The van der Waals surface area contributed by atoms with E-state index in [1.165, 1.54) is 6.42 Å². The van der Waals surface area contributed by atoms with Crippen molar-refractivity contribution in [1.82, 2.24) is 0 Å². The minimum absolute atomic E-state index is 0.166. The van der Waals surface area contributed by atoms with Gasteiger partial charge in [-0.3, -0.25) is 9.59 Å². The van der Waals surface area contributed by atoms with Crippen LogP contribution in [-0.2, 0) is 14.4 Å². The first-order valence-electron chi connectivity index (χ1n) is 8.41. The molecule has 0 aromatic heterocycles. The van der Waals surface area contributed by atoms with E-state index in [0.717, 1.165) is 43.3 Å². The molecule has 3 fully saturated rings. The molecule has 4 aliphatic rings. The molecule has 0 bridgehead atoms. The number of fused-ring (bicyclic) bond motifs is 5. The zero-order chi connectivity index (χ0) is 15.5. The van der Waals surface area contributed by atoms with E-state index >= 15 is 0 Å². The highest BCUT2D eigenvalue weighted by Crippen LogP contribution is 2.61. The summed E-state index contributed by atoms with van der Waals surface area (Å²) in [6, 6.07) is 0. The van der Waals surface area contributed by atoms with Gasteiger partial charge in [0.1, 0.15) is 0 Å². The molecule has 118 valence electrons. The monoisotopic (exact) mass is 301 g/mol. The summed E-state index contributed by atoms with van der Waals surface area (Å²) < 4.78 is 0. The molecule has 0 amide bonds. The maximum absolute atomic E-state index is 11.8. The second kappa shape index (κ2) is 4.87. The lowest BCUT2D eigenvalue weighted by molar-refractivity contribution is -0.131. The van der Waals surface area contributed by atoms with Gasteiger partial charge >= 0.3 is 0 Å². The van der Waals surface area contributed by atoms with Gasteiger partial charge in [-0.2, -0.15) is 0 Å². The van der Waals surface area contributed by atoms with Crippen molar-refractivity contribution in [2.24, 2.45) is 29.1 Å². The van der Waals surface area contributed by atoms with Crippen molar-refractivity contribution in [1.29, 1.82) is 0 Å².